The van der Waals surface area contributed by atoms with Crippen molar-refractivity contribution in [3.8, 4) is 0 Å². The van der Waals surface area contributed by atoms with Gasteiger partial charge in [-0.15, -0.1) is 0 Å². The van der Waals surface area contributed by atoms with Crippen LogP contribution in [-0.4, -0.2) is 178 Å². The van der Waals surface area contributed by atoms with E-state index in [9.17, 15) is 44.7 Å². The van der Waals surface area contributed by atoms with Gasteiger partial charge in [0.1, 0.15) is 6.61 Å². The van der Waals surface area contributed by atoms with Crippen molar-refractivity contribution >= 4 is 23.9 Å². The highest BCUT2D eigenvalue weighted by Gasteiger charge is 2.28. The van der Waals surface area contributed by atoms with Crippen molar-refractivity contribution in [3.63, 3.8) is 0 Å². The van der Waals surface area contributed by atoms with E-state index in [0.717, 1.165) is 0 Å². The van der Waals surface area contributed by atoms with Crippen molar-refractivity contribution in [1.82, 2.24) is 19.6 Å². The summed E-state index contributed by atoms with van der Waals surface area (Å²) in [5, 5.41) is 56.5. The molecule has 0 aromatic heterocycles. The first-order valence-electron chi connectivity index (χ1n) is 11.2. The fraction of sp³-hybridized carbons (Fsp3) is 0.800. The van der Waals surface area contributed by atoms with Crippen molar-refractivity contribution in [2.75, 3.05) is 91.8 Å². The Morgan fingerprint density at radius 2 is 1.03 bits per heavy atom. The molecule has 35 heavy (non-hydrogen) atoms. The first kappa shape index (κ1) is 30.6. The lowest BCUT2D eigenvalue weighted by Gasteiger charge is -2.38. The zero-order valence-electron chi connectivity index (χ0n) is 19.6. The maximum Gasteiger partial charge on any atom is 0.329 e. The number of ether oxygens (including phenoxy) is 1. The summed E-state index contributed by atoms with van der Waals surface area (Å²) >= 11 is 0. The summed E-state index contributed by atoms with van der Waals surface area (Å²) in [5.74, 6) is -4.40. The molecule has 0 unspecified atom stereocenters. The summed E-state index contributed by atoms with van der Waals surface area (Å²) in [4.78, 5) is 51.3. The molecule has 1 aliphatic heterocycles. The first-order chi connectivity index (χ1) is 16.5. The second kappa shape index (κ2) is 16.3. The maximum absolute atomic E-state index is 11.3. The van der Waals surface area contributed by atoms with Gasteiger partial charge in [0.15, 0.2) is 0 Å². The molecular formula is C20H36N4O11. The Morgan fingerprint density at radius 3 is 1.34 bits per heavy atom. The summed E-state index contributed by atoms with van der Waals surface area (Å²) in [6, 6.07) is -0.829. The third-order valence-electron chi connectivity index (χ3n) is 5.56. The Balaban J connectivity index is 3.13. The number of carbonyl (C=O) groups is 4. The van der Waals surface area contributed by atoms with Gasteiger partial charge in [-0.25, -0.2) is 4.79 Å². The highest BCUT2D eigenvalue weighted by molar-refractivity contribution is 5.70. The molecule has 1 rings (SSSR count). The van der Waals surface area contributed by atoms with Crippen molar-refractivity contribution in [1.29, 1.82) is 0 Å². The fourth-order valence-electron chi connectivity index (χ4n) is 3.78. The molecule has 1 heterocycles. The maximum atomic E-state index is 11.3. The van der Waals surface area contributed by atoms with Crippen LogP contribution in [0.4, 0.5) is 0 Å². The number of nitrogens with zero attached hydrogens (tertiary/aromatic N) is 4. The van der Waals surface area contributed by atoms with E-state index in [-0.39, 0.29) is 78.6 Å². The van der Waals surface area contributed by atoms with Crippen molar-refractivity contribution < 1.29 is 54.6 Å². The van der Waals surface area contributed by atoms with Gasteiger partial charge in [0.05, 0.1) is 45.0 Å². The van der Waals surface area contributed by atoms with Gasteiger partial charge in [0, 0.05) is 52.4 Å². The van der Waals surface area contributed by atoms with Gasteiger partial charge < -0.3 is 35.4 Å². The largest absolute Gasteiger partial charge is 0.480 e. The second-order valence-corrected chi connectivity index (χ2v) is 8.27. The molecule has 15 nitrogen and oxygen atoms in total. The SMILES string of the molecule is O=C(O)COC[C@@H]([C@@H](O)CO)N1CCN(CC(=O)O)CCN(CC(=O)O)CCN(CC(=O)O)CC1. The number of aliphatic hydroxyl groups is 2. The summed E-state index contributed by atoms with van der Waals surface area (Å²) in [5.41, 5.74) is 0. The number of carboxylic acid groups (broad SMARTS) is 4. The highest BCUT2D eigenvalue weighted by Crippen LogP contribution is 2.09. The van der Waals surface area contributed by atoms with Crippen LogP contribution in [0, 0.1) is 0 Å². The number of hydrogen-bond acceptors (Lipinski definition) is 11. The van der Waals surface area contributed by atoms with E-state index in [1.54, 1.807) is 19.6 Å². The van der Waals surface area contributed by atoms with E-state index >= 15 is 0 Å². The molecule has 0 radical (unpaired) electrons. The quantitative estimate of drug-likeness (QED) is 0.141. The topological polar surface area (TPSA) is 212 Å². The van der Waals surface area contributed by atoms with Gasteiger partial charge in [-0.3, -0.25) is 34.0 Å². The van der Waals surface area contributed by atoms with Crippen LogP contribution >= 0.6 is 0 Å². The highest BCUT2D eigenvalue weighted by atomic mass is 16.5. The molecule has 0 bridgehead atoms. The molecule has 1 saturated heterocycles. The van der Waals surface area contributed by atoms with Crippen molar-refractivity contribution in [3.05, 3.63) is 0 Å². The van der Waals surface area contributed by atoms with E-state index in [1.165, 1.54) is 0 Å². The number of aliphatic carboxylic acids is 4. The van der Waals surface area contributed by atoms with E-state index in [1.807, 2.05) is 0 Å². The van der Waals surface area contributed by atoms with Crippen LogP contribution in [0.25, 0.3) is 0 Å². The molecule has 1 aliphatic rings. The first-order valence-corrected chi connectivity index (χ1v) is 11.2. The Bertz CT molecular complexity index is 664. The second-order valence-electron chi connectivity index (χ2n) is 8.27. The van der Waals surface area contributed by atoms with Crippen LogP contribution in [-0.2, 0) is 23.9 Å². The molecule has 202 valence electrons. The lowest BCUT2D eigenvalue weighted by molar-refractivity contribution is -0.144. The summed E-state index contributed by atoms with van der Waals surface area (Å²) < 4.78 is 5.15. The Hall–Kier alpha value is -2.40. The summed E-state index contributed by atoms with van der Waals surface area (Å²) in [6.45, 7) is -0.587. The predicted octanol–water partition coefficient (Wildman–Crippen LogP) is -3.72. The van der Waals surface area contributed by atoms with E-state index in [4.69, 9.17) is 9.84 Å². The average molecular weight is 509 g/mol. The standard InChI is InChI=1S/C20H36N4O11/c25-12-16(26)15(13-35-14-20(33)34)24-7-5-22(10-18(29)30)3-1-21(9-17(27)28)2-4-23(6-8-24)11-19(31)32/h15-16,25-26H,1-14H2,(H,27,28)(H,29,30)(H,31,32)(H,33,34)/t15-,16-/m0/s1. The van der Waals surface area contributed by atoms with Crippen LogP contribution in [0.15, 0.2) is 0 Å². The fourth-order valence-corrected chi connectivity index (χ4v) is 3.78. The molecular weight excluding hydrogens is 472 g/mol. The summed E-state index contributed by atoms with van der Waals surface area (Å²) in [7, 11) is 0. The molecule has 0 aliphatic carbocycles. The third kappa shape index (κ3) is 13.3. The minimum absolute atomic E-state index is 0.200. The molecule has 0 amide bonds. The van der Waals surface area contributed by atoms with E-state index in [2.05, 4.69) is 0 Å². The van der Waals surface area contributed by atoms with Crippen LogP contribution < -0.4 is 0 Å². The molecule has 1 fully saturated rings. The molecule has 0 saturated carbocycles. The minimum Gasteiger partial charge on any atom is -0.480 e. The van der Waals surface area contributed by atoms with Crippen LogP contribution in [0.2, 0.25) is 0 Å². The molecule has 2 atom stereocenters. The van der Waals surface area contributed by atoms with Crippen molar-refractivity contribution in [2.24, 2.45) is 0 Å². The Morgan fingerprint density at radius 1 is 0.657 bits per heavy atom. The number of hydrogen-bond donors (Lipinski definition) is 6. The summed E-state index contributed by atoms with van der Waals surface area (Å²) in [6.07, 6.45) is -1.29. The molecule has 15 heteroatoms. The zero-order chi connectivity index (χ0) is 26.4. The van der Waals surface area contributed by atoms with Crippen molar-refractivity contribution in [2.45, 2.75) is 12.1 Å². The predicted molar refractivity (Wildman–Crippen MR) is 119 cm³/mol. The van der Waals surface area contributed by atoms with Gasteiger partial charge in [-0.05, 0) is 0 Å². The number of rotatable bonds is 13. The number of carboxylic acids is 4. The Labute approximate surface area is 202 Å². The molecule has 0 aromatic rings. The molecule has 6 N–H and O–H groups in total. The van der Waals surface area contributed by atoms with E-state index < -0.39 is 49.2 Å². The van der Waals surface area contributed by atoms with Crippen LogP contribution in [0.5, 0.6) is 0 Å². The van der Waals surface area contributed by atoms with Gasteiger partial charge in [-0.2, -0.15) is 0 Å². The van der Waals surface area contributed by atoms with Crippen LogP contribution in [0.1, 0.15) is 0 Å². The van der Waals surface area contributed by atoms with Gasteiger partial charge in [0.25, 0.3) is 0 Å². The van der Waals surface area contributed by atoms with Gasteiger partial charge in [-0.1, -0.05) is 0 Å². The lowest BCUT2D eigenvalue weighted by Crippen LogP contribution is -2.54. The Kier molecular flexibility index (Phi) is 14.3. The molecule has 0 aromatic carbocycles. The third-order valence-corrected chi connectivity index (χ3v) is 5.56. The number of aliphatic hydroxyl groups excluding tert-OH is 2. The normalized spacial score (nSPS) is 19.8. The lowest BCUT2D eigenvalue weighted by atomic mass is 10.1. The average Bonchev–Trinajstić information content (AvgIpc) is 2.75. The van der Waals surface area contributed by atoms with Gasteiger partial charge >= 0.3 is 23.9 Å². The monoisotopic (exact) mass is 508 g/mol. The smallest absolute Gasteiger partial charge is 0.329 e. The minimum atomic E-state index is -1.29. The van der Waals surface area contributed by atoms with Crippen LogP contribution in [0.3, 0.4) is 0 Å². The van der Waals surface area contributed by atoms with E-state index in [0.29, 0.717) is 0 Å². The van der Waals surface area contributed by atoms with Gasteiger partial charge in [0.2, 0.25) is 0 Å². The molecule has 0 spiro atoms. The zero-order valence-corrected chi connectivity index (χ0v) is 19.6.